The molecule has 0 spiro atoms. The third kappa shape index (κ3) is 3.50. The van der Waals surface area contributed by atoms with E-state index in [-0.39, 0.29) is 17.6 Å². The third-order valence-electron chi connectivity index (χ3n) is 5.71. The number of carbonyl (C=O) groups is 1. The molecule has 1 amide bonds. The van der Waals surface area contributed by atoms with Gasteiger partial charge in [0, 0.05) is 31.4 Å². The summed E-state index contributed by atoms with van der Waals surface area (Å²) >= 11 is 6.11. The zero-order valence-electron chi connectivity index (χ0n) is 16.5. The van der Waals surface area contributed by atoms with Gasteiger partial charge in [-0.2, -0.15) is 0 Å². The van der Waals surface area contributed by atoms with E-state index in [1.807, 2.05) is 19.9 Å². The standard InChI is InChI=1S/C20H24ClFN6O/c1-3-6-23-19(29)20(2)5-4-7-28(20)18-15(22)11-26-17(27-18)14-10-25-16-13(14)8-12(21)9-24-16/h8-9,11,14H,3-7,10H2,1-2H3,(H,23,29)(H,24,25)/t14?,20-/m1/s1. The smallest absolute Gasteiger partial charge is 0.245 e. The number of rotatable bonds is 5. The Morgan fingerprint density at radius 1 is 1.45 bits per heavy atom. The van der Waals surface area contributed by atoms with Gasteiger partial charge in [0.15, 0.2) is 11.6 Å². The van der Waals surface area contributed by atoms with Crippen LogP contribution in [0.1, 0.15) is 50.4 Å². The maximum atomic E-state index is 14.8. The monoisotopic (exact) mass is 418 g/mol. The molecular weight excluding hydrogens is 395 g/mol. The fraction of sp³-hybridized carbons (Fsp3) is 0.500. The van der Waals surface area contributed by atoms with Crippen molar-refractivity contribution < 1.29 is 9.18 Å². The minimum absolute atomic E-state index is 0.0970. The van der Waals surface area contributed by atoms with Crippen molar-refractivity contribution in [3.8, 4) is 0 Å². The van der Waals surface area contributed by atoms with Gasteiger partial charge in [0.05, 0.1) is 17.1 Å². The topological polar surface area (TPSA) is 83.0 Å². The van der Waals surface area contributed by atoms with E-state index in [9.17, 15) is 9.18 Å². The van der Waals surface area contributed by atoms with Crippen molar-refractivity contribution in [3.63, 3.8) is 0 Å². The summed E-state index contributed by atoms with van der Waals surface area (Å²) in [6.07, 6.45) is 5.06. The number of hydrogen-bond acceptors (Lipinski definition) is 6. The highest BCUT2D eigenvalue weighted by molar-refractivity contribution is 6.30. The van der Waals surface area contributed by atoms with E-state index in [0.29, 0.717) is 36.9 Å². The molecule has 7 nitrogen and oxygen atoms in total. The number of amides is 1. The molecule has 0 saturated carbocycles. The van der Waals surface area contributed by atoms with Crippen LogP contribution >= 0.6 is 11.6 Å². The van der Waals surface area contributed by atoms with Crippen molar-refractivity contribution in [2.45, 2.75) is 44.6 Å². The molecule has 2 aromatic heterocycles. The number of pyridine rings is 1. The Kier molecular flexibility index (Phi) is 5.29. The lowest BCUT2D eigenvalue weighted by Crippen LogP contribution is -2.54. The minimum atomic E-state index is -0.835. The Labute approximate surface area is 174 Å². The van der Waals surface area contributed by atoms with E-state index in [4.69, 9.17) is 11.6 Å². The van der Waals surface area contributed by atoms with Crippen LogP contribution < -0.4 is 15.5 Å². The Balaban J connectivity index is 1.68. The summed E-state index contributed by atoms with van der Waals surface area (Å²) in [5.41, 5.74) is 0.0538. The van der Waals surface area contributed by atoms with Gasteiger partial charge in [0.25, 0.3) is 0 Å². The van der Waals surface area contributed by atoms with Gasteiger partial charge in [-0.05, 0) is 32.3 Å². The maximum absolute atomic E-state index is 14.8. The molecule has 0 aromatic carbocycles. The molecule has 1 fully saturated rings. The summed E-state index contributed by atoms with van der Waals surface area (Å²) in [4.78, 5) is 27.7. The number of nitrogens with one attached hydrogen (secondary N) is 2. The Morgan fingerprint density at radius 3 is 3.07 bits per heavy atom. The van der Waals surface area contributed by atoms with Gasteiger partial charge < -0.3 is 15.5 Å². The molecule has 0 bridgehead atoms. The Bertz CT molecular complexity index is 941. The summed E-state index contributed by atoms with van der Waals surface area (Å²) in [5.74, 6) is 0.586. The van der Waals surface area contributed by atoms with Crippen LogP contribution in [0.15, 0.2) is 18.5 Å². The van der Waals surface area contributed by atoms with E-state index < -0.39 is 11.4 Å². The van der Waals surface area contributed by atoms with Gasteiger partial charge in [0.1, 0.15) is 17.2 Å². The van der Waals surface area contributed by atoms with Gasteiger partial charge in [-0.1, -0.05) is 18.5 Å². The van der Waals surface area contributed by atoms with Crippen LogP contribution in [-0.2, 0) is 4.79 Å². The average molecular weight is 419 g/mol. The fourth-order valence-electron chi connectivity index (χ4n) is 4.10. The molecule has 2 aliphatic heterocycles. The molecule has 1 unspecified atom stereocenters. The second kappa shape index (κ2) is 7.74. The second-order valence-corrected chi connectivity index (χ2v) is 8.15. The van der Waals surface area contributed by atoms with Crippen molar-refractivity contribution in [3.05, 3.63) is 40.7 Å². The van der Waals surface area contributed by atoms with Crippen LogP contribution in [0, 0.1) is 5.82 Å². The minimum Gasteiger partial charge on any atom is -0.369 e. The Morgan fingerprint density at radius 2 is 2.28 bits per heavy atom. The highest BCUT2D eigenvalue weighted by atomic mass is 35.5. The molecule has 2 aromatic rings. The molecule has 0 aliphatic carbocycles. The van der Waals surface area contributed by atoms with Crippen molar-refractivity contribution >= 4 is 29.1 Å². The van der Waals surface area contributed by atoms with Gasteiger partial charge in [-0.25, -0.2) is 19.3 Å². The van der Waals surface area contributed by atoms with Crippen LogP contribution in [0.25, 0.3) is 0 Å². The van der Waals surface area contributed by atoms with E-state index in [2.05, 4.69) is 25.6 Å². The Hall–Kier alpha value is -2.48. The quantitative estimate of drug-likeness (QED) is 0.776. The number of hydrogen-bond donors (Lipinski definition) is 2. The first-order valence-electron chi connectivity index (χ1n) is 9.91. The van der Waals surface area contributed by atoms with Crippen LogP contribution in [0.3, 0.4) is 0 Å². The number of aromatic nitrogens is 3. The third-order valence-corrected chi connectivity index (χ3v) is 5.92. The van der Waals surface area contributed by atoms with Gasteiger partial charge in [-0.3, -0.25) is 4.79 Å². The van der Waals surface area contributed by atoms with Crippen molar-refractivity contribution in [1.29, 1.82) is 0 Å². The number of halogens is 2. The summed E-state index contributed by atoms with van der Waals surface area (Å²) in [6.45, 7) is 5.57. The number of anilines is 2. The molecule has 2 N–H and O–H groups in total. The zero-order valence-corrected chi connectivity index (χ0v) is 17.3. The van der Waals surface area contributed by atoms with Crippen molar-refractivity contribution in [1.82, 2.24) is 20.3 Å². The molecule has 2 atom stereocenters. The summed E-state index contributed by atoms with van der Waals surface area (Å²) in [6, 6.07) is 1.83. The van der Waals surface area contributed by atoms with Gasteiger partial charge >= 0.3 is 0 Å². The van der Waals surface area contributed by atoms with Crippen molar-refractivity contribution in [2.75, 3.05) is 29.9 Å². The molecule has 154 valence electrons. The van der Waals surface area contributed by atoms with Crippen LogP contribution in [0.5, 0.6) is 0 Å². The second-order valence-electron chi connectivity index (χ2n) is 7.71. The summed E-state index contributed by atoms with van der Waals surface area (Å²) in [7, 11) is 0. The van der Waals surface area contributed by atoms with E-state index in [0.717, 1.165) is 24.2 Å². The van der Waals surface area contributed by atoms with Crippen LogP contribution in [0.2, 0.25) is 5.02 Å². The molecule has 1 saturated heterocycles. The lowest BCUT2D eigenvalue weighted by atomic mass is 9.97. The highest BCUT2D eigenvalue weighted by Gasteiger charge is 2.45. The molecule has 29 heavy (non-hydrogen) atoms. The molecule has 9 heteroatoms. The first kappa shape index (κ1) is 19.8. The van der Waals surface area contributed by atoms with Crippen LogP contribution in [0.4, 0.5) is 16.0 Å². The number of carbonyl (C=O) groups excluding carboxylic acids is 1. The lowest BCUT2D eigenvalue weighted by molar-refractivity contribution is -0.125. The van der Waals surface area contributed by atoms with E-state index >= 15 is 0 Å². The number of nitrogens with zero attached hydrogens (tertiary/aromatic N) is 4. The fourth-order valence-corrected chi connectivity index (χ4v) is 4.27. The zero-order chi connectivity index (χ0) is 20.6. The first-order chi connectivity index (χ1) is 13.9. The summed E-state index contributed by atoms with van der Waals surface area (Å²) < 4.78 is 14.8. The number of fused-ring (bicyclic) bond motifs is 1. The average Bonchev–Trinajstić information content (AvgIpc) is 3.30. The summed E-state index contributed by atoms with van der Waals surface area (Å²) in [5, 5.41) is 6.69. The van der Waals surface area contributed by atoms with E-state index in [1.165, 1.54) is 6.20 Å². The SMILES string of the molecule is CCCNC(=O)[C@@]1(C)CCCN1c1nc(C2CNc3ncc(Cl)cc32)ncc1F. The van der Waals surface area contributed by atoms with Gasteiger partial charge in [0.2, 0.25) is 5.91 Å². The first-order valence-corrected chi connectivity index (χ1v) is 10.3. The molecule has 0 radical (unpaired) electrons. The molecular formula is C20H24ClFN6O. The largest absolute Gasteiger partial charge is 0.369 e. The predicted molar refractivity (Wildman–Crippen MR) is 110 cm³/mol. The molecule has 4 heterocycles. The van der Waals surface area contributed by atoms with Gasteiger partial charge in [-0.15, -0.1) is 0 Å². The molecule has 2 aliphatic rings. The van der Waals surface area contributed by atoms with E-state index in [1.54, 1.807) is 11.1 Å². The predicted octanol–water partition coefficient (Wildman–Crippen LogP) is 3.11. The lowest BCUT2D eigenvalue weighted by Gasteiger charge is -2.35. The van der Waals surface area contributed by atoms with Crippen molar-refractivity contribution in [2.24, 2.45) is 0 Å². The molecule has 4 rings (SSSR count). The highest BCUT2D eigenvalue weighted by Crippen LogP contribution is 2.38. The normalized spacial score (nSPS) is 23.0. The maximum Gasteiger partial charge on any atom is 0.245 e. The van der Waals surface area contributed by atoms with Crippen LogP contribution in [-0.4, -0.2) is 46.0 Å².